The van der Waals surface area contributed by atoms with Crippen LogP contribution in [0.2, 0.25) is 5.02 Å². The van der Waals surface area contributed by atoms with Crippen LogP contribution in [0.4, 0.5) is 8.78 Å². The Morgan fingerprint density at radius 3 is 2.09 bits per heavy atom. The number of hydroxylamine groups is 1. The molecule has 222 valence electrons. The minimum absolute atomic E-state index is 0.0629. The first kappa shape index (κ1) is 30.1. The van der Waals surface area contributed by atoms with E-state index < -0.39 is 56.7 Å². The summed E-state index contributed by atoms with van der Waals surface area (Å²) in [6.45, 7) is -0.940. The van der Waals surface area contributed by atoms with Crippen LogP contribution in [0.15, 0.2) is 95.9 Å². The van der Waals surface area contributed by atoms with Gasteiger partial charge in [-0.15, -0.1) is 0 Å². The molecule has 0 saturated carbocycles. The molecule has 4 aromatic carbocycles. The number of nitrogens with zero attached hydrogens (tertiary/aromatic N) is 2. The zero-order valence-electron chi connectivity index (χ0n) is 22.3. The van der Waals surface area contributed by atoms with Crippen LogP contribution in [-0.2, 0) is 14.8 Å². The van der Waals surface area contributed by atoms with Gasteiger partial charge in [-0.05, 0) is 59.7 Å². The van der Waals surface area contributed by atoms with E-state index in [2.05, 4.69) is 0 Å². The largest absolute Gasteiger partial charge is 0.451 e. The summed E-state index contributed by atoms with van der Waals surface area (Å²) in [4.78, 5) is 26.4. The van der Waals surface area contributed by atoms with Crippen LogP contribution in [-0.4, -0.2) is 60.3 Å². The molecule has 1 aliphatic heterocycles. The number of hydrogen-bond donors (Lipinski definition) is 2. The molecule has 0 unspecified atom stereocenters. The number of piperazine rings is 1. The average Bonchev–Trinajstić information content (AvgIpc) is 3.03. The summed E-state index contributed by atoms with van der Waals surface area (Å²) >= 11 is 5.81. The van der Waals surface area contributed by atoms with Crippen molar-refractivity contribution in [1.29, 1.82) is 0 Å². The molecule has 1 fully saturated rings. The maximum Gasteiger partial charge on any atom is 0.263 e. The van der Waals surface area contributed by atoms with Crippen molar-refractivity contribution in [2.24, 2.45) is 0 Å². The number of ether oxygens (including phenoxy) is 1. The summed E-state index contributed by atoms with van der Waals surface area (Å²) in [6, 6.07) is 21.5. The second kappa shape index (κ2) is 12.5. The number of benzene rings is 4. The summed E-state index contributed by atoms with van der Waals surface area (Å²) in [5.41, 5.74) is 3.56. The van der Waals surface area contributed by atoms with E-state index in [1.54, 1.807) is 24.3 Å². The summed E-state index contributed by atoms with van der Waals surface area (Å²) in [7, 11) is -4.69. The maximum absolute atomic E-state index is 14.9. The Kier molecular flexibility index (Phi) is 8.74. The molecule has 0 bridgehead atoms. The molecule has 0 aliphatic carbocycles. The molecule has 0 spiro atoms. The molecule has 2 N–H and O–H groups in total. The predicted molar refractivity (Wildman–Crippen MR) is 153 cm³/mol. The average molecular weight is 628 g/mol. The van der Waals surface area contributed by atoms with Gasteiger partial charge in [0.05, 0.1) is 4.90 Å². The smallest absolute Gasteiger partial charge is 0.263 e. The third-order valence-electron chi connectivity index (χ3n) is 6.88. The lowest BCUT2D eigenvalue weighted by atomic mass is 10.0. The summed E-state index contributed by atoms with van der Waals surface area (Å²) in [5, 5.41) is 9.71. The number of sulfonamides is 1. The second-order valence-corrected chi connectivity index (χ2v) is 11.9. The van der Waals surface area contributed by atoms with Crippen molar-refractivity contribution in [3.05, 3.63) is 113 Å². The van der Waals surface area contributed by atoms with Crippen molar-refractivity contribution in [1.82, 2.24) is 14.7 Å². The molecular weight excluding hydrogens is 604 g/mol. The fraction of sp³-hybridized carbons (Fsp3) is 0.133. The first-order valence-electron chi connectivity index (χ1n) is 12.9. The number of hydrogen-bond acceptors (Lipinski definition) is 6. The van der Waals surface area contributed by atoms with Gasteiger partial charge in [0.15, 0.2) is 17.4 Å². The molecule has 43 heavy (non-hydrogen) atoms. The highest BCUT2D eigenvalue weighted by Gasteiger charge is 2.42. The van der Waals surface area contributed by atoms with Crippen LogP contribution in [0.1, 0.15) is 10.4 Å². The number of carbonyl (C=O) groups is 2. The second-order valence-electron chi connectivity index (χ2n) is 9.57. The Hall–Kier alpha value is -4.36. The zero-order valence-corrected chi connectivity index (χ0v) is 23.9. The van der Waals surface area contributed by atoms with E-state index in [0.29, 0.717) is 27.0 Å². The summed E-state index contributed by atoms with van der Waals surface area (Å²) in [6.07, 6.45) is 0. The Labute approximate surface area is 250 Å². The molecule has 5 rings (SSSR count). The van der Waals surface area contributed by atoms with E-state index in [0.717, 1.165) is 11.1 Å². The van der Waals surface area contributed by atoms with Crippen LogP contribution < -0.4 is 10.2 Å². The van der Waals surface area contributed by atoms with Crippen LogP contribution in [0.5, 0.6) is 11.5 Å². The zero-order chi connectivity index (χ0) is 30.7. The van der Waals surface area contributed by atoms with Gasteiger partial charge in [-0.25, -0.2) is 22.7 Å². The third kappa shape index (κ3) is 6.37. The van der Waals surface area contributed by atoms with Crippen molar-refractivity contribution in [3.8, 4) is 22.6 Å². The molecule has 13 heteroatoms. The van der Waals surface area contributed by atoms with Crippen molar-refractivity contribution < 1.29 is 36.7 Å². The molecule has 0 radical (unpaired) electrons. The quantitative estimate of drug-likeness (QED) is 0.218. The summed E-state index contributed by atoms with van der Waals surface area (Å²) < 4.78 is 62.9. The molecular formula is C30H24ClF2N3O6S. The molecule has 9 nitrogen and oxygen atoms in total. The molecule has 2 amide bonds. The number of amides is 2. The van der Waals surface area contributed by atoms with E-state index in [1.807, 2.05) is 30.3 Å². The van der Waals surface area contributed by atoms with E-state index >= 15 is 0 Å². The van der Waals surface area contributed by atoms with E-state index in [4.69, 9.17) is 16.3 Å². The SMILES string of the molecule is O=C(NO)[C@H]1CN(C(=O)c2ccc(-c3ccccc3)cc2)CCN1S(=O)(=O)c1cc(F)c(Oc2ccc(Cl)cc2)c(F)c1. The third-order valence-corrected chi connectivity index (χ3v) is 9.02. The van der Waals surface area contributed by atoms with E-state index in [1.165, 1.54) is 34.6 Å². The van der Waals surface area contributed by atoms with Crippen LogP contribution >= 0.6 is 11.6 Å². The lowest BCUT2D eigenvalue weighted by molar-refractivity contribution is -0.134. The Bertz CT molecular complexity index is 1730. The fourth-order valence-electron chi connectivity index (χ4n) is 4.68. The molecule has 1 aliphatic rings. The topological polar surface area (TPSA) is 116 Å². The summed E-state index contributed by atoms with van der Waals surface area (Å²) in [5.74, 6) is -4.96. The van der Waals surface area contributed by atoms with Crippen molar-refractivity contribution in [2.75, 3.05) is 19.6 Å². The number of halogens is 3. The number of rotatable bonds is 7. The molecule has 0 aromatic heterocycles. The van der Waals surface area contributed by atoms with Gasteiger partial charge >= 0.3 is 0 Å². The number of carbonyl (C=O) groups excluding carboxylic acids is 2. The van der Waals surface area contributed by atoms with Gasteiger partial charge in [-0.2, -0.15) is 4.31 Å². The first-order valence-corrected chi connectivity index (χ1v) is 14.7. The van der Waals surface area contributed by atoms with Gasteiger partial charge in [0, 0.05) is 30.2 Å². The highest BCUT2D eigenvalue weighted by Crippen LogP contribution is 2.32. The fourth-order valence-corrected chi connectivity index (χ4v) is 6.40. The van der Waals surface area contributed by atoms with E-state index in [9.17, 15) is 32.0 Å². The van der Waals surface area contributed by atoms with Gasteiger partial charge in [0.1, 0.15) is 11.8 Å². The highest BCUT2D eigenvalue weighted by atomic mass is 35.5. The molecule has 4 aromatic rings. The Morgan fingerprint density at radius 1 is 0.884 bits per heavy atom. The van der Waals surface area contributed by atoms with Gasteiger partial charge in [0.25, 0.3) is 11.8 Å². The van der Waals surface area contributed by atoms with Crippen molar-refractivity contribution in [3.63, 3.8) is 0 Å². The Morgan fingerprint density at radius 2 is 1.49 bits per heavy atom. The lowest BCUT2D eigenvalue weighted by Crippen LogP contribution is -2.61. The van der Waals surface area contributed by atoms with Gasteiger partial charge < -0.3 is 9.64 Å². The van der Waals surface area contributed by atoms with Crippen LogP contribution in [0.25, 0.3) is 11.1 Å². The molecule has 1 atom stereocenters. The van der Waals surface area contributed by atoms with Crippen molar-refractivity contribution >= 4 is 33.4 Å². The first-order chi connectivity index (χ1) is 20.6. The number of nitrogens with one attached hydrogen (secondary N) is 1. The predicted octanol–water partition coefficient (Wildman–Crippen LogP) is 5.10. The van der Waals surface area contributed by atoms with Gasteiger partial charge in [0.2, 0.25) is 10.0 Å². The van der Waals surface area contributed by atoms with E-state index in [-0.39, 0.29) is 18.8 Å². The lowest BCUT2D eigenvalue weighted by Gasteiger charge is -2.39. The maximum atomic E-state index is 14.9. The standard InChI is InChI=1S/C30H24ClF2N3O6S/c31-22-10-12-23(13-11-22)42-28-25(32)16-24(17-26(28)33)43(40,41)36-15-14-35(18-27(36)29(37)34-39)30(38)21-8-6-20(7-9-21)19-4-2-1-3-5-19/h1-13,16-17,27,39H,14-15,18H2,(H,34,37)/t27-/m1/s1. The monoisotopic (exact) mass is 627 g/mol. The van der Waals surface area contributed by atoms with Crippen LogP contribution in [0.3, 0.4) is 0 Å². The van der Waals surface area contributed by atoms with Gasteiger partial charge in [-0.1, -0.05) is 54.1 Å². The molecule has 1 heterocycles. The van der Waals surface area contributed by atoms with Crippen LogP contribution in [0, 0.1) is 11.6 Å². The normalized spacial score (nSPS) is 15.6. The Balaban J connectivity index is 1.36. The molecule has 1 saturated heterocycles. The highest BCUT2D eigenvalue weighted by molar-refractivity contribution is 7.89. The van der Waals surface area contributed by atoms with Crippen molar-refractivity contribution in [2.45, 2.75) is 10.9 Å². The van der Waals surface area contributed by atoms with Gasteiger partial charge in [-0.3, -0.25) is 14.8 Å². The minimum atomic E-state index is -4.69. The minimum Gasteiger partial charge on any atom is -0.451 e.